The molecule has 106 valence electrons. The Balaban J connectivity index is 2.31. The number of benzene rings is 1. The largest absolute Gasteiger partial charge is 0.390 e. The first-order chi connectivity index (χ1) is 8.91. The summed E-state index contributed by atoms with van der Waals surface area (Å²) in [6.07, 6.45) is 1.46. The molecule has 0 bridgehead atoms. The highest BCUT2D eigenvalue weighted by Gasteiger charge is 2.27. The molecule has 19 heavy (non-hydrogen) atoms. The molecule has 1 unspecified atom stereocenters. The van der Waals surface area contributed by atoms with Gasteiger partial charge in [-0.2, -0.15) is 0 Å². The van der Waals surface area contributed by atoms with Gasteiger partial charge in [0.25, 0.3) is 0 Å². The van der Waals surface area contributed by atoms with Gasteiger partial charge in [-0.1, -0.05) is 12.1 Å². The summed E-state index contributed by atoms with van der Waals surface area (Å²) in [4.78, 5) is 1.94. The average molecular weight is 267 g/mol. The highest BCUT2D eigenvalue weighted by atomic mass is 19.1. The van der Waals surface area contributed by atoms with Gasteiger partial charge in [-0.05, 0) is 39.2 Å². The standard InChI is InChI=1S/C15H22FNO2/c1-11(18)12-5-3-6-13(16)14(12)17-9-4-7-15(2,19)8-10-17/h3,5-6,11,18-19H,4,7-10H2,1-2H3/t11-,15?/m1/s1. The van der Waals surface area contributed by atoms with Crippen LogP contribution in [0.25, 0.3) is 0 Å². The molecule has 3 nitrogen and oxygen atoms in total. The van der Waals surface area contributed by atoms with E-state index < -0.39 is 11.7 Å². The third-order valence-electron chi connectivity index (χ3n) is 3.85. The van der Waals surface area contributed by atoms with Crippen molar-refractivity contribution in [1.29, 1.82) is 0 Å². The molecule has 1 heterocycles. The van der Waals surface area contributed by atoms with Gasteiger partial charge in [0.2, 0.25) is 0 Å². The molecular formula is C15H22FNO2. The fraction of sp³-hybridized carbons (Fsp3) is 0.600. The van der Waals surface area contributed by atoms with Crippen molar-refractivity contribution in [2.75, 3.05) is 18.0 Å². The Bertz CT molecular complexity index is 446. The molecule has 2 atom stereocenters. The van der Waals surface area contributed by atoms with E-state index in [0.29, 0.717) is 30.8 Å². The van der Waals surface area contributed by atoms with Crippen molar-refractivity contribution in [3.8, 4) is 0 Å². The van der Waals surface area contributed by atoms with Gasteiger partial charge in [-0.15, -0.1) is 0 Å². The third-order valence-corrected chi connectivity index (χ3v) is 3.85. The zero-order valence-corrected chi connectivity index (χ0v) is 11.6. The molecule has 1 fully saturated rings. The van der Waals surface area contributed by atoms with Crippen LogP contribution in [0.15, 0.2) is 18.2 Å². The van der Waals surface area contributed by atoms with E-state index in [1.807, 2.05) is 11.8 Å². The molecule has 0 radical (unpaired) electrons. The molecule has 0 aromatic heterocycles. The molecule has 2 rings (SSSR count). The van der Waals surface area contributed by atoms with E-state index in [1.165, 1.54) is 6.07 Å². The molecule has 0 aliphatic carbocycles. The second kappa shape index (κ2) is 5.47. The predicted molar refractivity (Wildman–Crippen MR) is 73.7 cm³/mol. The van der Waals surface area contributed by atoms with Crippen molar-refractivity contribution in [2.24, 2.45) is 0 Å². The Hall–Kier alpha value is -1.13. The van der Waals surface area contributed by atoms with Crippen LogP contribution in [0.1, 0.15) is 44.8 Å². The van der Waals surface area contributed by atoms with Crippen LogP contribution in [0.4, 0.5) is 10.1 Å². The van der Waals surface area contributed by atoms with Gasteiger partial charge in [-0.3, -0.25) is 0 Å². The highest BCUT2D eigenvalue weighted by molar-refractivity contribution is 5.56. The second-order valence-electron chi connectivity index (χ2n) is 5.69. The van der Waals surface area contributed by atoms with Crippen molar-refractivity contribution in [2.45, 2.75) is 44.8 Å². The zero-order valence-electron chi connectivity index (χ0n) is 11.6. The summed E-state index contributed by atoms with van der Waals surface area (Å²) in [5, 5.41) is 19.9. The third kappa shape index (κ3) is 3.25. The molecule has 1 saturated heterocycles. The van der Waals surface area contributed by atoms with Gasteiger partial charge in [0, 0.05) is 18.7 Å². The predicted octanol–water partition coefficient (Wildman–Crippen LogP) is 2.62. The molecule has 4 heteroatoms. The Labute approximate surface area is 113 Å². The van der Waals surface area contributed by atoms with E-state index in [2.05, 4.69) is 0 Å². The first-order valence-corrected chi connectivity index (χ1v) is 6.84. The second-order valence-corrected chi connectivity index (χ2v) is 5.69. The summed E-state index contributed by atoms with van der Waals surface area (Å²) < 4.78 is 14.1. The number of aliphatic hydroxyl groups is 2. The van der Waals surface area contributed by atoms with Crippen LogP contribution >= 0.6 is 0 Å². The Morgan fingerprint density at radius 2 is 2.05 bits per heavy atom. The maximum atomic E-state index is 14.1. The molecule has 1 aliphatic rings. The van der Waals surface area contributed by atoms with Crippen LogP contribution in [0, 0.1) is 5.82 Å². The fourth-order valence-electron chi connectivity index (χ4n) is 2.69. The molecule has 2 N–H and O–H groups in total. The number of nitrogens with zero attached hydrogens (tertiary/aromatic N) is 1. The Kier molecular flexibility index (Phi) is 4.11. The summed E-state index contributed by atoms with van der Waals surface area (Å²) in [5.74, 6) is -0.306. The molecule has 0 amide bonds. The van der Waals surface area contributed by atoms with Gasteiger partial charge in [0.15, 0.2) is 0 Å². The van der Waals surface area contributed by atoms with E-state index in [1.54, 1.807) is 19.1 Å². The zero-order chi connectivity index (χ0) is 14.0. The van der Waals surface area contributed by atoms with Crippen molar-refractivity contribution in [3.63, 3.8) is 0 Å². The lowest BCUT2D eigenvalue weighted by Crippen LogP contribution is -2.29. The summed E-state index contributed by atoms with van der Waals surface area (Å²) in [6, 6.07) is 4.80. The number of anilines is 1. The summed E-state index contributed by atoms with van der Waals surface area (Å²) in [7, 11) is 0. The minimum atomic E-state index is -0.700. The summed E-state index contributed by atoms with van der Waals surface area (Å²) >= 11 is 0. The highest BCUT2D eigenvalue weighted by Crippen LogP contribution is 2.32. The normalized spacial score (nSPS) is 26.1. The maximum Gasteiger partial charge on any atom is 0.146 e. The van der Waals surface area contributed by atoms with Crippen LogP contribution in [-0.2, 0) is 0 Å². The fourth-order valence-corrected chi connectivity index (χ4v) is 2.69. The van der Waals surface area contributed by atoms with Crippen LogP contribution < -0.4 is 4.90 Å². The monoisotopic (exact) mass is 267 g/mol. The minimum absolute atomic E-state index is 0.306. The van der Waals surface area contributed by atoms with Crippen LogP contribution in [0.2, 0.25) is 0 Å². The first kappa shape index (κ1) is 14.3. The lowest BCUT2D eigenvalue weighted by molar-refractivity contribution is 0.0481. The topological polar surface area (TPSA) is 43.7 Å². The van der Waals surface area contributed by atoms with Crippen LogP contribution in [0.5, 0.6) is 0 Å². The Morgan fingerprint density at radius 1 is 1.32 bits per heavy atom. The maximum absolute atomic E-state index is 14.1. The Morgan fingerprint density at radius 3 is 2.74 bits per heavy atom. The van der Waals surface area contributed by atoms with E-state index in [9.17, 15) is 14.6 Å². The number of para-hydroxylation sites is 1. The average Bonchev–Trinajstić information content (AvgIpc) is 2.50. The number of hydrogen-bond donors (Lipinski definition) is 2. The number of hydrogen-bond acceptors (Lipinski definition) is 3. The summed E-state index contributed by atoms with van der Waals surface area (Å²) in [5.41, 5.74) is 0.419. The molecule has 0 spiro atoms. The van der Waals surface area contributed by atoms with Crippen molar-refractivity contribution < 1.29 is 14.6 Å². The van der Waals surface area contributed by atoms with Gasteiger partial charge in [0.1, 0.15) is 5.82 Å². The van der Waals surface area contributed by atoms with Crippen LogP contribution in [0.3, 0.4) is 0 Å². The van der Waals surface area contributed by atoms with E-state index in [4.69, 9.17) is 0 Å². The van der Waals surface area contributed by atoms with E-state index in [-0.39, 0.29) is 5.82 Å². The van der Waals surface area contributed by atoms with Gasteiger partial charge in [-0.25, -0.2) is 4.39 Å². The molecular weight excluding hydrogens is 245 g/mol. The van der Waals surface area contributed by atoms with Crippen molar-refractivity contribution in [1.82, 2.24) is 0 Å². The summed E-state index contributed by atoms with van der Waals surface area (Å²) in [6.45, 7) is 4.78. The van der Waals surface area contributed by atoms with Gasteiger partial charge in [0.05, 0.1) is 17.4 Å². The number of rotatable bonds is 2. The number of halogens is 1. The van der Waals surface area contributed by atoms with Crippen molar-refractivity contribution >= 4 is 5.69 Å². The van der Waals surface area contributed by atoms with Crippen LogP contribution in [-0.4, -0.2) is 28.9 Å². The minimum Gasteiger partial charge on any atom is -0.390 e. The smallest absolute Gasteiger partial charge is 0.146 e. The lowest BCUT2D eigenvalue weighted by Gasteiger charge is -2.27. The number of aliphatic hydroxyl groups excluding tert-OH is 1. The van der Waals surface area contributed by atoms with Gasteiger partial charge >= 0.3 is 0 Å². The van der Waals surface area contributed by atoms with Gasteiger partial charge < -0.3 is 15.1 Å². The van der Waals surface area contributed by atoms with Crippen molar-refractivity contribution in [3.05, 3.63) is 29.6 Å². The molecule has 1 aromatic carbocycles. The lowest BCUT2D eigenvalue weighted by atomic mass is 9.98. The quantitative estimate of drug-likeness (QED) is 0.865. The SMILES string of the molecule is C[C@@H](O)c1cccc(F)c1N1CCCC(C)(O)CC1. The first-order valence-electron chi connectivity index (χ1n) is 6.84. The molecule has 1 aliphatic heterocycles. The molecule has 0 saturated carbocycles. The van der Waals surface area contributed by atoms with E-state index >= 15 is 0 Å². The van der Waals surface area contributed by atoms with E-state index in [0.717, 1.165) is 12.8 Å². The molecule has 1 aromatic rings.